The van der Waals surface area contributed by atoms with Crippen molar-refractivity contribution in [2.24, 2.45) is 0 Å². The van der Waals surface area contributed by atoms with Crippen LogP contribution in [-0.4, -0.2) is 61.2 Å². The molecule has 0 N–H and O–H groups in total. The maximum absolute atomic E-state index is 13.1. The van der Waals surface area contributed by atoms with Gasteiger partial charge in [0.2, 0.25) is 0 Å². The van der Waals surface area contributed by atoms with E-state index in [1.165, 1.54) is 6.07 Å². The van der Waals surface area contributed by atoms with Gasteiger partial charge in [0.1, 0.15) is 0 Å². The highest BCUT2D eigenvalue weighted by Crippen LogP contribution is 2.29. The number of hydrogen-bond acceptors (Lipinski definition) is 6. The lowest BCUT2D eigenvalue weighted by Gasteiger charge is -2.33. The van der Waals surface area contributed by atoms with Crippen molar-refractivity contribution in [3.8, 4) is 0 Å². The molecule has 0 spiro atoms. The van der Waals surface area contributed by atoms with E-state index in [4.69, 9.17) is 4.74 Å². The van der Waals surface area contributed by atoms with Crippen LogP contribution in [0.2, 0.25) is 0 Å². The third-order valence-electron chi connectivity index (χ3n) is 6.64. The van der Waals surface area contributed by atoms with Gasteiger partial charge in [0.25, 0.3) is 5.91 Å². The zero-order valence-corrected chi connectivity index (χ0v) is 20.1. The van der Waals surface area contributed by atoms with Crippen LogP contribution < -0.4 is 0 Å². The van der Waals surface area contributed by atoms with Crippen molar-refractivity contribution < 1.29 is 27.5 Å². The molecule has 1 atom stereocenters. The normalized spacial score (nSPS) is 19.6. The van der Waals surface area contributed by atoms with Crippen LogP contribution in [0.1, 0.15) is 63.9 Å². The smallest absolute Gasteiger partial charge is 0.339 e. The van der Waals surface area contributed by atoms with Gasteiger partial charge in [-0.1, -0.05) is 60.9 Å². The molecule has 1 heterocycles. The summed E-state index contributed by atoms with van der Waals surface area (Å²) in [6.07, 6.45) is 4.03. The van der Waals surface area contributed by atoms with E-state index in [0.29, 0.717) is 12.0 Å². The maximum Gasteiger partial charge on any atom is 0.339 e. The zero-order chi connectivity index (χ0) is 24.3. The fourth-order valence-corrected chi connectivity index (χ4v) is 6.59. The van der Waals surface area contributed by atoms with Crippen LogP contribution in [0.15, 0.2) is 48.5 Å². The van der Waals surface area contributed by atoms with Crippen LogP contribution in [0.4, 0.5) is 0 Å². The van der Waals surface area contributed by atoms with Crippen LogP contribution >= 0.6 is 0 Å². The van der Waals surface area contributed by atoms with Gasteiger partial charge in [-0.25, -0.2) is 13.2 Å². The van der Waals surface area contributed by atoms with Crippen molar-refractivity contribution in [1.29, 1.82) is 0 Å². The molecule has 1 saturated heterocycles. The minimum Gasteiger partial charge on any atom is -0.452 e. The molecule has 4 rings (SSSR count). The van der Waals surface area contributed by atoms with Crippen LogP contribution in [0.5, 0.6) is 0 Å². The summed E-state index contributed by atoms with van der Waals surface area (Å²) in [6, 6.07) is 13.0. The average Bonchev–Trinajstić information content (AvgIpc) is 3.47. The first-order chi connectivity index (χ1) is 16.2. The van der Waals surface area contributed by atoms with Crippen molar-refractivity contribution in [1.82, 2.24) is 4.90 Å². The number of hydrogen-bond donors (Lipinski definition) is 0. The Hall–Kier alpha value is -3.00. The summed E-state index contributed by atoms with van der Waals surface area (Å²) in [7, 11) is -3.16. The molecule has 2 aliphatic rings. The Balaban J connectivity index is 1.48. The molecular weight excluding hydrogens is 454 g/mol. The molecule has 1 amide bonds. The van der Waals surface area contributed by atoms with Crippen molar-refractivity contribution in [3.05, 3.63) is 70.8 Å². The first-order valence-corrected chi connectivity index (χ1v) is 13.5. The van der Waals surface area contributed by atoms with E-state index in [2.05, 4.69) is 0 Å². The summed E-state index contributed by atoms with van der Waals surface area (Å²) in [5.41, 5.74) is 1.77. The molecule has 0 radical (unpaired) electrons. The summed E-state index contributed by atoms with van der Waals surface area (Å²) in [5, 5.41) is 0. The number of benzene rings is 2. The van der Waals surface area contributed by atoms with Gasteiger partial charge < -0.3 is 9.64 Å². The Kier molecular flexibility index (Phi) is 7.16. The summed E-state index contributed by atoms with van der Waals surface area (Å²) < 4.78 is 29.4. The topological polar surface area (TPSA) is 97.8 Å². The summed E-state index contributed by atoms with van der Waals surface area (Å²) in [6.45, 7) is 1.44. The first kappa shape index (κ1) is 24.1. The van der Waals surface area contributed by atoms with Crippen LogP contribution in [0.3, 0.4) is 0 Å². The van der Waals surface area contributed by atoms with E-state index in [-0.39, 0.29) is 46.4 Å². The van der Waals surface area contributed by atoms with Gasteiger partial charge in [0.15, 0.2) is 22.2 Å². The minimum absolute atomic E-state index is 0.0279. The second kappa shape index (κ2) is 10.1. The number of carbonyl (C=O) groups is 3. The van der Waals surface area contributed by atoms with Gasteiger partial charge in [-0.05, 0) is 32.3 Å². The van der Waals surface area contributed by atoms with Gasteiger partial charge in [0, 0.05) is 23.2 Å². The number of esters is 1. The molecule has 8 heteroatoms. The van der Waals surface area contributed by atoms with E-state index < -0.39 is 22.4 Å². The van der Waals surface area contributed by atoms with Crippen molar-refractivity contribution in [2.45, 2.75) is 51.1 Å². The highest BCUT2D eigenvalue weighted by atomic mass is 32.2. The Labute approximate surface area is 200 Å². The van der Waals surface area contributed by atoms with E-state index in [0.717, 1.165) is 31.2 Å². The van der Waals surface area contributed by atoms with Crippen molar-refractivity contribution in [2.75, 3.05) is 18.1 Å². The van der Waals surface area contributed by atoms with Gasteiger partial charge in [-0.15, -0.1) is 0 Å². The number of sulfone groups is 1. The monoisotopic (exact) mass is 483 g/mol. The predicted octanol–water partition coefficient (Wildman–Crippen LogP) is 3.34. The van der Waals surface area contributed by atoms with E-state index in [1.807, 2.05) is 19.1 Å². The molecular formula is C26H29NO6S. The molecule has 0 bridgehead atoms. The van der Waals surface area contributed by atoms with Crippen LogP contribution in [-0.2, 0) is 19.4 Å². The highest BCUT2D eigenvalue weighted by molar-refractivity contribution is 7.91. The Morgan fingerprint density at radius 1 is 0.912 bits per heavy atom. The summed E-state index contributed by atoms with van der Waals surface area (Å²) in [5.74, 6) is -1.42. The van der Waals surface area contributed by atoms with E-state index >= 15 is 0 Å². The number of ketones is 1. The second-order valence-electron chi connectivity index (χ2n) is 9.11. The standard InChI is InChI=1S/C26H29NO6S/c1-18-10-12-19(13-11-18)25(29)22-8-4-5-9-23(22)26(30)33-16-24(28)27(20-6-2-3-7-20)21-14-15-34(31,32)17-21/h4-5,8-13,20-21H,2-3,6-7,14-17H2,1H3. The Morgan fingerprint density at radius 3 is 2.18 bits per heavy atom. The lowest BCUT2D eigenvalue weighted by molar-refractivity contribution is -0.139. The second-order valence-corrected chi connectivity index (χ2v) is 11.3. The quantitative estimate of drug-likeness (QED) is 0.443. The molecule has 2 fully saturated rings. The van der Waals surface area contributed by atoms with Gasteiger partial charge in [0.05, 0.1) is 17.1 Å². The van der Waals surface area contributed by atoms with Crippen molar-refractivity contribution in [3.63, 3.8) is 0 Å². The van der Waals surface area contributed by atoms with Gasteiger partial charge >= 0.3 is 5.97 Å². The van der Waals surface area contributed by atoms with Gasteiger partial charge in [-0.3, -0.25) is 9.59 Å². The largest absolute Gasteiger partial charge is 0.452 e. The molecule has 1 saturated carbocycles. The molecule has 34 heavy (non-hydrogen) atoms. The molecule has 2 aromatic carbocycles. The fraction of sp³-hybridized carbons (Fsp3) is 0.423. The highest BCUT2D eigenvalue weighted by Gasteiger charge is 2.39. The predicted molar refractivity (Wildman–Crippen MR) is 127 cm³/mol. The number of ether oxygens (including phenoxy) is 1. The van der Waals surface area contributed by atoms with Crippen LogP contribution in [0, 0.1) is 6.92 Å². The number of nitrogens with zero attached hydrogens (tertiary/aromatic N) is 1. The average molecular weight is 484 g/mol. The third-order valence-corrected chi connectivity index (χ3v) is 8.39. The SMILES string of the molecule is Cc1ccc(C(=O)c2ccccc2C(=O)OCC(=O)N(C2CCCC2)C2CCS(=O)(=O)C2)cc1. The molecule has 1 aliphatic carbocycles. The molecule has 7 nitrogen and oxygen atoms in total. The zero-order valence-electron chi connectivity index (χ0n) is 19.2. The number of amides is 1. The van der Waals surface area contributed by atoms with E-state index in [9.17, 15) is 22.8 Å². The molecule has 0 aromatic heterocycles. The minimum atomic E-state index is -3.16. The Bertz CT molecular complexity index is 1180. The fourth-order valence-electron chi connectivity index (χ4n) is 4.88. The molecule has 180 valence electrons. The third kappa shape index (κ3) is 5.38. The van der Waals surface area contributed by atoms with Crippen LogP contribution in [0.25, 0.3) is 0 Å². The summed E-state index contributed by atoms with van der Waals surface area (Å²) in [4.78, 5) is 40.7. The first-order valence-electron chi connectivity index (χ1n) is 11.6. The maximum atomic E-state index is 13.1. The van der Waals surface area contributed by atoms with Crippen molar-refractivity contribution >= 4 is 27.5 Å². The molecule has 1 aliphatic heterocycles. The number of rotatable bonds is 7. The van der Waals surface area contributed by atoms with Gasteiger partial charge in [-0.2, -0.15) is 0 Å². The molecule has 1 unspecified atom stereocenters. The summed E-state index contributed by atoms with van der Waals surface area (Å²) >= 11 is 0. The number of carbonyl (C=O) groups excluding carboxylic acids is 3. The number of aryl methyl sites for hydroxylation is 1. The lowest BCUT2D eigenvalue weighted by atomic mass is 9.98. The lowest BCUT2D eigenvalue weighted by Crippen LogP contribution is -2.48. The van der Waals surface area contributed by atoms with E-state index in [1.54, 1.807) is 35.2 Å². The Morgan fingerprint density at radius 2 is 1.56 bits per heavy atom. The molecule has 2 aromatic rings.